The highest BCUT2D eigenvalue weighted by atomic mass is 16.5. The molecule has 2 aromatic rings. The van der Waals surface area contributed by atoms with Crippen molar-refractivity contribution in [2.45, 2.75) is 38.5 Å². The number of nitrogens with zero attached hydrogens (tertiary/aromatic N) is 4. The van der Waals surface area contributed by atoms with Crippen molar-refractivity contribution in [1.82, 2.24) is 19.9 Å². The molecule has 0 N–H and O–H groups in total. The van der Waals surface area contributed by atoms with Gasteiger partial charge in [0.25, 0.3) is 0 Å². The van der Waals surface area contributed by atoms with Gasteiger partial charge in [-0.15, -0.1) is 0 Å². The highest BCUT2D eigenvalue weighted by molar-refractivity contribution is 5.92. The highest BCUT2D eigenvalue weighted by Gasteiger charge is 2.33. The molecule has 2 amide bonds. The van der Waals surface area contributed by atoms with Gasteiger partial charge in [-0.1, -0.05) is 35.5 Å². The Bertz CT molecular complexity index is 892. The number of hydrogen-bond acceptors (Lipinski definition) is 5. The monoisotopic (exact) mass is 408 g/mol. The predicted octanol–water partition coefficient (Wildman–Crippen LogP) is 3.04. The van der Waals surface area contributed by atoms with Crippen LogP contribution in [0, 0.1) is 12.8 Å². The predicted molar refractivity (Wildman–Crippen MR) is 112 cm³/mol. The highest BCUT2D eigenvalue weighted by Crippen LogP contribution is 2.29. The van der Waals surface area contributed by atoms with Crippen molar-refractivity contribution < 1.29 is 14.1 Å². The lowest BCUT2D eigenvalue weighted by Crippen LogP contribution is -2.46. The van der Waals surface area contributed by atoms with Crippen LogP contribution in [0.5, 0.6) is 0 Å². The Kier molecular flexibility index (Phi) is 6.26. The fraction of sp³-hybridized carbons (Fsp3) is 0.478. The van der Waals surface area contributed by atoms with Crippen molar-refractivity contribution in [3.63, 3.8) is 0 Å². The van der Waals surface area contributed by atoms with E-state index in [1.807, 2.05) is 53.1 Å². The third-order valence-electron chi connectivity index (χ3n) is 6.07. The second kappa shape index (κ2) is 9.24. The summed E-state index contributed by atoms with van der Waals surface area (Å²) in [5, 5.41) is 3.87. The maximum Gasteiger partial charge on any atom is 0.246 e. The first-order chi connectivity index (χ1) is 14.6. The van der Waals surface area contributed by atoms with Gasteiger partial charge in [0, 0.05) is 44.1 Å². The SMILES string of the molecule is Cc1noc(C2CCN(C(=O)C3CCN(C(=O)/C=C/c4ccccc4)CC3)CC2)n1. The minimum absolute atomic E-state index is 0.00866. The zero-order valence-corrected chi connectivity index (χ0v) is 17.4. The number of likely N-dealkylation sites (tertiary alicyclic amines) is 2. The molecule has 3 heterocycles. The Morgan fingerprint density at radius 3 is 2.30 bits per heavy atom. The standard InChI is InChI=1S/C23H28N4O3/c1-17-24-22(30-25-17)19-9-15-27(16-10-19)23(29)20-11-13-26(14-12-20)21(28)8-7-18-5-3-2-4-6-18/h2-8,19-20H,9-16H2,1H3/b8-7+. The molecule has 0 aliphatic carbocycles. The molecule has 0 unspecified atom stereocenters. The summed E-state index contributed by atoms with van der Waals surface area (Å²) in [7, 11) is 0. The van der Waals surface area contributed by atoms with Gasteiger partial charge in [0.2, 0.25) is 17.7 Å². The number of amides is 2. The van der Waals surface area contributed by atoms with Crippen molar-refractivity contribution >= 4 is 17.9 Å². The Morgan fingerprint density at radius 1 is 1.00 bits per heavy atom. The number of carbonyl (C=O) groups is 2. The maximum atomic E-state index is 12.9. The molecule has 1 aromatic carbocycles. The molecular formula is C23H28N4O3. The van der Waals surface area contributed by atoms with Crippen LogP contribution in [0.3, 0.4) is 0 Å². The van der Waals surface area contributed by atoms with Gasteiger partial charge in [-0.05, 0) is 44.2 Å². The Balaban J connectivity index is 1.23. The van der Waals surface area contributed by atoms with E-state index in [0.29, 0.717) is 24.8 Å². The molecular weight excluding hydrogens is 380 g/mol. The molecule has 0 radical (unpaired) electrons. The van der Waals surface area contributed by atoms with Crippen LogP contribution in [0.1, 0.15) is 48.9 Å². The zero-order valence-electron chi connectivity index (χ0n) is 17.4. The summed E-state index contributed by atoms with van der Waals surface area (Å²) >= 11 is 0. The lowest BCUT2D eigenvalue weighted by atomic mass is 9.92. The minimum Gasteiger partial charge on any atom is -0.342 e. The molecule has 2 fully saturated rings. The zero-order chi connectivity index (χ0) is 20.9. The number of benzene rings is 1. The summed E-state index contributed by atoms with van der Waals surface area (Å²) in [6, 6.07) is 9.80. The third-order valence-corrected chi connectivity index (χ3v) is 6.07. The quantitative estimate of drug-likeness (QED) is 0.727. The van der Waals surface area contributed by atoms with E-state index in [0.717, 1.165) is 44.3 Å². The molecule has 2 aliphatic rings. The molecule has 2 aliphatic heterocycles. The Hall–Kier alpha value is -2.96. The summed E-state index contributed by atoms with van der Waals surface area (Å²) in [4.78, 5) is 33.5. The molecule has 0 atom stereocenters. The normalized spacial score (nSPS) is 18.8. The van der Waals surface area contributed by atoms with Crippen molar-refractivity contribution in [1.29, 1.82) is 0 Å². The van der Waals surface area contributed by atoms with Crippen molar-refractivity contribution in [2.24, 2.45) is 5.92 Å². The van der Waals surface area contributed by atoms with Gasteiger partial charge >= 0.3 is 0 Å². The Labute approximate surface area is 176 Å². The van der Waals surface area contributed by atoms with E-state index >= 15 is 0 Å². The Morgan fingerprint density at radius 2 is 1.67 bits per heavy atom. The summed E-state index contributed by atoms with van der Waals surface area (Å²) < 4.78 is 5.29. The molecule has 30 heavy (non-hydrogen) atoms. The number of hydrogen-bond donors (Lipinski definition) is 0. The van der Waals surface area contributed by atoms with Gasteiger partial charge in [-0.25, -0.2) is 0 Å². The first-order valence-corrected chi connectivity index (χ1v) is 10.7. The smallest absolute Gasteiger partial charge is 0.246 e. The molecule has 2 saturated heterocycles. The van der Waals surface area contributed by atoms with Gasteiger partial charge in [-0.2, -0.15) is 4.98 Å². The molecule has 7 nitrogen and oxygen atoms in total. The number of piperidine rings is 2. The molecule has 4 rings (SSSR count). The van der Waals surface area contributed by atoms with E-state index < -0.39 is 0 Å². The average molecular weight is 409 g/mol. The van der Waals surface area contributed by atoms with E-state index in [1.165, 1.54) is 0 Å². The van der Waals surface area contributed by atoms with E-state index in [1.54, 1.807) is 6.08 Å². The van der Waals surface area contributed by atoms with E-state index in [2.05, 4.69) is 10.1 Å². The van der Waals surface area contributed by atoms with E-state index in [-0.39, 0.29) is 23.7 Å². The van der Waals surface area contributed by atoms with Crippen LogP contribution in [-0.4, -0.2) is 57.9 Å². The van der Waals surface area contributed by atoms with Gasteiger partial charge in [-0.3, -0.25) is 9.59 Å². The van der Waals surface area contributed by atoms with Crippen molar-refractivity contribution in [3.8, 4) is 0 Å². The third kappa shape index (κ3) is 4.78. The molecule has 1 aromatic heterocycles. The van der Waals surface area contributed by atoms with Crippen LogP contribution in [0.4, 0.5) is 0 Å². The van der Waals surface area contributed by atoms with Gasteiger partial charge in [0.05, 0.1) is 0 Å². The topological polar surface area (TPSA) is 79.5 Å². The summed E-state index contributed by atoms with van der Waals surface area (Å²) in [5.41, 5.74) is 1.01. The summed E-state index contributed by atoms with van der Waals surface area (Å²) in [6.07, 6.45) is 6.64. The van der Waals surface area contributed by atoms with Crippen LogP contribution >= 0.6 is 0 Å². The van der Waals surface area contributed by atoms with Gasteiger partial charge < -0.3 is 14.3 Å². The fourth-order valence-corrected chi connectivity index (χ4v) is 4.27. The van der Waals surface area contributed by atoms with Crippen molar-refractivity contribution in [2.75, 3.05) is 26.2 Å². The molecule has 158 valence electrons. The van der Waals surface area contributed by atoms with Crippen molar-refractivity contribution in [3.05, 3.63) is 53.7 Å². The molecule has 0 saturated carbocycles. The van der Waals surface area contributed by atoms with Crippen LogP contribution < -0.4 is 0 Å². The average Bonchev–Trinajstić information content (AvgIpc) is 3.24. The number of rotatable bonds is 4. The summed E-state index contributed by atoms with van der Waals surface area (Å²) in [5.74, 6) is 1.83. The molecule has 0 spiro atoms. The van der Waals surface area contributed by atoms with E-state index in [9.17, 15) is 9.59 Å². The lowest BCUT2D eigenvalue weighted by molar-refractivity contribution is -0.140. The first kappa shape index (κ1) is 20.3. The van der Waals surface area contributed by atoms with Crippen LogP contribution in [-0.2, 0) is 9.59 Å². The van der Waals surface area contributed by atoms with Gasteiger partial charge in [0.15, 0.2) is 5.82 Å². The van der Waals surface area contributed by atoms with Crippen LogP contribution in [0.2, 0.25) is 0 Å². The number of aryl methyl sites for hydroxylation is 1. The second-order valence-electron chi connectivity index (χ2n) is 8.12. The largest absolute Gasteiger partial charge is 0.342 e. The number of carbonyl (C=O) groups excluding carboxylic acids is 2. The first-order valence-electron chi connectivity index (χ1n) is 10.7. The van der Waals surface area contributed by atoms with Crippen LogP contribution in [0.25, 0.3) is 6.08 Å². The molecule has 7 heteroatoms. The molecule has 0 bridgehead atoms. The maximum absolute atomic E-state index is 12.9. The lowest BCUT2D eigenvalue weighted by Gasteiger charge is -2.36. The fourth-order valence-electron chi connectivity index (χ4n) is 4.27. The van der Waals surface area contributed by atoms with Gasteiger partial charge in [0.1, 0.15) is 0 Å². The number of aromatic nitrogens is 2. The summed E-state index contributed by atoms with van der Waals surface area (Å²) in [6.45, 7) is 4.53. The van der Waals surface area contributed by atoms with E-state index in [4.69, 9.17) is 4.52 Å². The second-order valence-corrected chi connectivity index (χ2v) is 8.12. The minimum atomic E-state index is 0.00866. The van der Waals surface area contributed by atoms with Crippen LogP contribution in [0.15, 0.2) is 40.9 Å².